The smallest absolute Gasteiger partial charge is 0.238 e. The number of halogens is 1. The zero-order valence-electron chi connectivity index (χ0n) is 18.9. The van der Waals surface area contributed by atoms with E-state index >= 15 is 4.39 Å². The Morgan fingerprint density at radius 3 is 2.82 bits per heavy atom. The summed E-state index contributed by atoms with van der Waals surface area (Å²) in [7, 11) is 0. The van der Waals surface area contributed by atoms with Gasteiger partial charge in [0, 0.05) is 43.8 Å². The number of amides is 1. The highest BCUT2D eigenvalue weighted by atomic mass is 19.1. The molecule has 6 atom stereocenters. The second kappa shape index (κ2) is 8.53. The van der Waals surface area contributed by atoms with Crippen LogP contribution in [-0.2, 0) is 16.0 Å². The van der Waals surface area contributed by atoms with E-state index in [-0.39, 0.29) is 24.2 Å². The van der Waals surface area contributed by atoms with Gasteiger partial charge in [0.2, 0.25) is 5.91 Å². The molecule has 176 valence electrons. The van der Waals surface area contributed by atoms with Crippen molar-refractivity contribution in [2.45, 2.75) is 62.3 Å². The number of likely N-dealkylation sites (tertiary alicyclic amines) is 1. The maximum atomic E-state index is 15.1. The van der Waals surface area contributed by atoms with E-state index in [1.165, 1.54) is 0 Å². The summed E-state index contributed by atoms with van der Waals surface area (Å²) in [6.07, 6.45) is 4.54. The molecule has 0 spiro atoms. The van der Waals surface area contributed by atoms with E-state index < -0.39 is 6.04 Å². The first kappa shape index (κ1) is 21.3. The number of rotatable bonds is 6. The first-order chi connectivity index (χ1) is 16.1. The standard InChI is InChI=1S/C25H32FN5O2/c26-22-9-20(31-6-5-17-11-30(12-23(17)31)21-13-33-14-21)4-2-15(22)7-19(10-27)29-25(32)24-16-1-3-18(8-16)28-24/h2,4,9,16-19,21,23-24,28H,1,3,5-8,11-14H2,(H,29,32)/t16-,17?,18+,19-,23?,24-/m0/s1. The van der Waals surface area contributed by atoms with Gasteiger partial charge in [-0.05, 0) is 55.2 Å². The molecule has 0 radical (unpaired) electrons. The molecule has 1 saturated carbocycles. The van der Waals surface area contributed by atoms with Gasteiger partial charge in [0.05, 0.1) is 31.4 Å². The molecule has 2 bridgehead atoms. The first-order valence-corrected chi connectivity index (χ1v) is 12.4. The van der Waals surface area contributed by atoms with Crippen molar-refractivity contribution in [1.82, 2.24) is 15.5 Å². The maximum Gasteiger partial charge on any atom is 0.238 e. The zero-order chi connectivity index (χ0) is 22.5. The predicted octanol–water partition coefficient (Wildman–Crippen LogP) is 1.43. The first-order valence-electron chi connectivity index (χ1n) is 12.4. The van der Waals surface area contributed by atoms with Gasteiger partial charge in [-0.2, -0.15) is 5.26 Å². The van der Waals surface area contributed by atoms with Crippen molar-refractivity contribution in [2.75, 3.05) is 37.7 Å². The molecule has 1 aromatic rings. The summed E-state index contributed by atoms with van der Waals surface area (Å²) >= 11 is 0. The number of carbonyl (C=O) groups excluding carboxylic acids is 1. The summed E-state index contributed by atoms with van der Waals surface area (Å²) in [6.45, 7) is 4.74. The van der Waals surface area contributed by atoms with E-state index in [1.807, 2.05) is 6.07 Å². The van der Waals surface area contributed by atoms with Crippen LogP contribution in [0, 0.1) is 29.0 Å². The number of nitriles is 1. The molecule has 5 aliphatic rings. The number of piperidine rings is 1. The van der Waals surface area contributed by atoms with Crippen LogP contribution in [0.4, 0.5) is 10.1 Å². The van der Waals surface area contributed by atoms with E-state index in [9.17, 15) is 10.1 Å². The van der Waals surface area contributed by atoms with Crippen molar-refractivity contribution >= 4 is 11.6 Å². The Kier molecular flexibility index (Phi) is 5.52. The number of nitrogens with zero attached hydrogens (tertiary/aromatic N) is 3. The molecule has 1 amide bonds. The Labute approximate surface area is 194 Å². The summed E-state index contributed by atoms with van der Waals surface area (Å²) in [6, 6.07) is 7.98. The number of benzene rings is 1. The van der Waals surface area contributed by atoms with Crippen molar-refractivity contribution in [3.05, 3.63) is 29.6 Å². The molecule has 8 heteroatoms. The maximum absolute atomic E-state index is 15.1. The highest BCUT2D eigenvalue weighted by Gasteiger charge is 2.45. The Hall–Kier alpha value is -2.21. The van der Waals surface area contributed by atoms with E-state index in [4.69, 9.17) is 4.74 Å². The average Bonchev–Trinajstić information content (AvgIpc) is 3.54. The monoisotopic (exact) mass is 453 g/mol. The molecule has 5 fully saturated rings. The quantitative estimate of drug-likeness (QED) is 0.678. The minimum atomic E-state index is -0.733. The zero-order valence-corrected chi connectivity index (χ0v) is 18.9. The Morgan fingerprint density at radius 2 is 2.15 bits per heavy atom. The molecule has 33 heavy (non-hydrogen) atoms. The van der Waals surface area contributed by atoms with Crippen LogP contribution in [-0.4, -0.2) is 73.9 Å². The van der Waals surface area contributed by atoms with Crippen molar-refractivity contribution < 1.29 is 13.9 Å². The lowest BCUT2D eigenvalue weighted by Crippen LogP contribution is -2.50. The van der Waals surface area contributed by atoms with Crippen LogP contribution in [0.1, 0.15) is 31.2 Å². The molecule has 1 aromatic carbocycles. The van der Waals surface area contributed by atoms with Gasteiger partial charge in [0.15, 0.2) is 0 Å². The van der Waals surface area contributed by atoms with Crippen molar-refractivity contribution in [1.29, 1.82) is 5.26 Å². The Bertz CT molecular complexity index is 963. The topological polar surface area (TPSA) is 80.6 Å². The molecule has 4 aliphatic heterocycles. The molecule has 1 aliphatic carbocycles. The van der Waals surface area contributed by atoms with E-state index in [2.05, 4.69) is 26.5 Å². The summed E-state index contributed by atoms with van der Waals surface area (Å²) in [5.74, 6) is 0.561. The summed E-state index contributed by atoms with van der Waals surface area (Å²) in [5.41, 5.74) is 1.39. The highest BCUT2D eigenvalue weighted by Crippen LogP contribution is 2.37. The third-order valence-electron chi connectivity index (χ3n) is 8.62. The third kappa shape index (κ3) is 3.90. The number of nitrogens with one attached hydrogen (secondary N) is 2. The van der Waals surface area contributed by atoms with Crippen LogP contribution in [0.5, 0.6) is 0 Å². The fraction of sp³-hybridized carbons (Fsp3) is 0.680. The van der Waals surface area contributed by atoms with Gasteiger partial charge >= 0.3 is 0 Å². The normalized spacial score (nSPS) is 34.2. The highest BCUT2D eigenvalue weighted by molar-refractivity contribution is 5.83. The van der Waals surface area contributed by atoms with Crippen LogP contribution >= 0.6 is 0 Å². The Balaban J connectivity index is 1.09. The van der Waals surface area contributed by atoms with E-state index in [0.717, 1.165) is 64.2 Å². The lowest BCUT2D eigenvalue weighted by atomic mass is 9.98. The molecule has 2 N–H and O–H groups in total. The van der Waals surface area contributed by atoms with Crippen LogP contribution in [0.25, 0.3) is 0 Å². The fourth-order valence-corrected chi connectivity index (χ4v) is 6.69. The lowest BCUT2D eigenvalue weighted by Gasteiger charge is -2.36. The number of anilines is 1. The molecule has 2 unspecified atom stereocenters. The number of hydrogen-bond acceptors (Lipinski definition) is 6. The lowest BCUT2D eigenvalue weighted by molar-refractivity contribution is -0.124. The van der Waals surface area contributed by atoms with Gasteiger partial charge < -0.3 is 20.3 Å². The minimum absolute atomic E-state index is 0.128. The van der Waals surface area contributed by atoms with Crippen LogP contribution < -0.4 is 15.5 Å². The molecular weight excluding hydrogens is 421 g/mol. The SMILES string of the molecule is N#C[C@H](Cc1ccc(N2CCC3CN(C4COC4)CC32)cc1F)NC(=O)[C@H]1N[C@@H]2CC[C@H]1C2. The summed E-state index contributed by atoms with van der Waals surface area (Å²) < 4.78 is 20.4. The second-order valence-electron chi connectivity index (χ2n) is 10.5. The molecule has 4 heterocycles. The molecule has 7 nitrogen and oxygen atoms in total. The van der Waals surface area contributed by atoms with E-state index in [1.54, 1.807) is 12.1 Å². The van der Waals surface area contributed by atoms with Crippen LogP contribution in [0.2, 0.25) is 0 Å². The molecule has 4 saturated heterocycles. The van der Waals surface area contributed by atoms with Crippen LogP contribution in [0.3, 0.4) is 0 Å². The largest absolute Gasteiger partial charge is 0.378 e. The van der Waals surface area contributed by atoms with Gasteiger partial charge in [-0.25, -0.2) is 4.39 Å². The Morgan fingerprint density at radius 1 is 1.27 bits per heavy atom. The number of carbonyl (C=O) groups is 1. The van der Waals surface area contributed by atoms with E-state index in [0.29, 0.717) is 35.5 Å². The number of ether oxygens (including phenoxy) is 1. The van der Waals surface area contributed by atoms with Crippen molar-refractivity contribution in [2.24, 2.45) is 11.8 Å². The summed E-state index contributed by atoms with van der Waals surface area (Å²) in [5, 5.41) is 15.8. The number of fused-ring (bicyclic) bond motifs is 3. The number of hydrogen-bond donors (Lipinski definition) is 2. The van der Waals surface area contributed by atoms with Crippen molar-refractivity contribution in [3.63, 3.8) is 0 Å². The van der Waals surface area contributed by atoms with Gasteiger partial charge in [-0.15, -0.1) is 0 Å². The van der Waals surface area contributed by atoms with Gasteiger partial charge in [0.1, 0.15) is 11.9 Å². The van der Waals surface area contributed by atoms with Gasteiger partial charge in [-0.3, -0.25) is 9.69 Å². The molecular formula is C25H32FN5O2. The van der Waals surface area contributed by atoms with Gasteiger partial charge in [-0.1, -0.05) is 6.07 Å². The van der Waals surface area contributed by atoms with Crippen LogP contribution in [0.15, 0.2) is 18.2 Å². The predicted molar refractivity (Wildman–Crippen MR) is 121 cm³/mol. The van der Waals surface area contributed by atoms with Crippen molar-refractivity contribution in [3.8, 4) is 6.07 Å². The minimum Gasteiger partial charge on any atom is -0.378 e. The second-order valence-corrected chi connectivity index (χ2v) is 10.5. The third-order valence-corrected chi connectivity index (χ3v) is 8.62. The van der Waals surface area contributed by atoms with Gasteiger partial charge in [0.25, 0.3) is 0 Å². The molecule has 6 rings (SSSR count). The summed E-state index contributed by atoms with van der Waals surface area (Å²) in [4.78, 5) is 17.6. The molecule has 0 aromatic heterocycles. The fourth-order valence-electron chi connectivity index (χ4n) is 6.69. The average molecular weight is 454 g/mol.